The van der Waals surface area contributed by atoms with Gasteiger partial charge in [-0.2, -0.15) is 4.31 Å². The van der Waals surface area contributed by atoms with Crippen LogP contribution in [0.25, 0.3) is 0 Å². The fourth-order valence-corrected chi connectivity index (χ4v) is 6.86. The minimum Gasteiger partial charge on any atom is -0.338 e. The van der Waals surface area contributed by atoms with E-state index >= 15 is 0 Å². The lowest BCUT2D eigenvalue weighted by molar-refractivity contribution is -0.141. The zero-order chi connectivity index (χ0) is 19.0. The van der Waals surface area contributed by atoms with Crippen molar-refractivity contribution in [3.8, 4) is 0 Å². The highest BCUT2D eigenvalue weighted by molar-refractivity contribution is 7.89. The average molecular weight is 391 g/mol. The van der Waals surface area contributed by atoms with Gasteiger partial charge in [0.1, 0.15) is 6.04 Å². The Morgan fingerprint density at radius 1 is 0.926 bits per heavy atom. The van der Waals surface area contributed by atoms with Crippen LogP contribution >= 0.6 is 0 Å². The van der Waals surface area contributed by atoms with Gasteiger partial charge in [0.2, 0.25) is 15.9 Å². The predicted molar refractivity (Wildman–Crippen MR) is 105 cm³/mol. The molecule has 1 saturated carbocycles. The summed E-state index contributed by atoms with van der Waals surface area (Å²) < 4.78 is 27.8. The van der Waals surface area contributed by atoms with Gasteiger partial charge in [-0.3, -0.25) is 4.79 Å². The van der Waals surface area contributed by atoms with E-state index in [0.717, 1.165) is 31.4 Å². The van der Waals surface area contributed by atoms with Crippen molar-refractivity contribution in [2.24, 2.45) is 5.92 Å². The van der Waals surface area contributed by atoms with Crippen LogP contribution < -0.4 is 0 Å². The molecule has 0 radical (unpaired) electrons. The lowest BCUT2D eigenvalue weighted by atomic mass is 9.78. The Labute approximate surface area is 162 Å². The van der Waals surface area contributed by atoms with Crippen molar-refractivity contribution in [1.82, 2.24) is 9.21 Å². The molecule has 2 aliphatic heterocycles. The van der Waals surface area contributed by atoms with Crippen LogP contribution in [-0.4, -0.2) is 48.7 Å². The number of hydrogen-bond donors (Lipinski definition) is 0. The molecule has 1 aromatic carbocycles. The fraction of sp³-hybridized carbons (Fsp3) is 0.667. The summed E-state index contributed by atoms with van der Waals surface area (Å²) in [6.45, 7) is 3.17. The topological polar surface area (TPSA) is 57.7 Å². The molecule has 0 bridgehead atoms. The molecule has 3 unspecified atom stereocenters. The van der Waals surface area contributed by atoms with E-state index in [1.807, 2.05) is 24.0 Å². The standard InChI is InChI=1S/C21H30N2O3S/c1-16-10-12-18(13-11-16)27(25,26)23-15-5-9-20(23)21(24)22-14-4-7-17-6-2-3-8-19(17)22/h10-13,17,19-20H,2-9,14-15H2,1H3. The summed E-state index contributed by atoms with van der Waals surface area (Å²) in [5, 5.41) is 0. The zero-order valence-corrected chi connectivity index (χ0v) is 17.0. The zero-order valence-electron chi connectivity index (χ0n) is 16.1. The first-order chi connectivity index (χ1) is 13.0. The number of nitrogens with zero attached hydrogens (tertiary/aromatic N) is 2. The number of hydrogen-bond acceptors (Lipinski definition) is 3. The van der Waals surface area contributed by atoms with Gasteiger partial charge in [0.25, 0.3) is 0 Å². The van der Waals surface area contributed by atoms with Crippen LogP contribution in [0.4, 0.5) is 0 Å². The SMILES string of the molecule is Cc1ccc(S(=O)(=O)N2CCCC2C(=O)N2CCCC3CCCCC32)cc1. The Balaban J connectivity index is 1.57. The summed E-state index contributed by atoms with van der Waals surface area (Å²) in [5.41, 5.74) is 1.03. The molecule has 3 fully saturated rings. The van der Waals surface area contributed by atoms with Crippen LogP contribution in [0.15, 0.2) is 29.2 Å². The van der Waals surface area contributed by atoms with Crippen molar-refractivity contribution in [2.75, 3.05) is 13.1 Å². The van der Waals surface area contributed by atoms with Crippen LogP contribution in [0.1, 0.15) is 56.9 Å². The second-order valence-corrected chi connectivity index (χ2v) is 10.3. The van der Waals surface area contributed by atoms with Gasteiger partial charge in [-0.25, -0.2) is 8.42 Å². The number of rotatable bonds is 3. The van der Waals surface area contributed by atoms with E-state index in [1.54, 1.807) is 12.1 Å². The summed E-state index contributed by atoms with van der Waals surface area (Å²) >= 11 is 0. The molecule has 2 saturated heterocycles. The third-order valence-electron chi connectivity index (χ3n) is 6.64. The van der Waals surface area contributed by atoms with Crippen molar-refractivity contribution in [3.05, 3.63) is 29.8 Å². The molecule has 3 atom stereocenters. The van der Waals surface area contributed by atoms with Crippen LogP contribution in [0.3, 0.4) is 0 Å². The molecule has 5 nitrogen and oxygen atoms in total. The molecule has 6 heteroatoms. The third kappa shape index (κ3) is 3.54. The first-order valence-corrected chi connectivity index (χ1v) is 11.8. The molecule has 1 aliphatic carbocycles. The summed E-state index contributed by atoms with van der Waals surface area (Å²) in [6, 6.07) is 6.74. The molecule has 4 rings (SSSR count). The van der Waals surface area contributed by atoms with Crippen molar-refractivity contribution in [1.29, 1.82) is 0 Å². The Kier molecular flexibility index (Phi) is 5.30. The molecule has 0 N–H and O–H groups in total. The van der Waals surface area contributed by atoms with Crippen molar-refractivity contribution in [3.63, 3.8) is 0 Å². The van der Waals surface area contributed by atoms with Gasteiger partial charge in [-0.05, 0) is 63.5 Å². The van der Waals surface area contributed by atoms with Crippen LogP contribution in [-0.2, 0) is 14.8 Å². The number of carbonyl (C=O) groups excluding carboxylic acids is 1. The van der Waals surface area contributed by atoms with Gasteiger partial charge in [0, 0.05) is 19.1 Å². The van der Waals surface area contributed by atoms with E-state index in [2.05, 4.69) is 0 Å². The van der Waals surface area contributed by atoms with Crippen LogP contribution in [0, 0.1) is 12.8 Å². The van der Waals surface area contributed by atoms with Crippen molar-refractivity contribution in [2.45, 2.75) is 75.3 Å². The van der Waals surface area contributed by atoms with Gasteiger partial charge < -0.3 is 4.90 Å². The van der Waals surface area contributed by atoms with E-state index in [0.29, 0.717) is 29.8 Å². The van der Waals surface area contributed by atoms with E-state index in [1.165, 1.54) is 30.0 Å². The molecule has 0 aromatic heterocycles. The summed E-state index contributed by atoms with van der Waals surface area (Å²) in [6.07, 6.45) is 8.38. The maximum absolute atomic E-state index is 13.4. The Bertz CT molecular complexity index is 788. The van der Waals surface area contributed by atoms with Crippen molar-refractivity contribution < 1.29 is 13.2 Å². The Hall–Kier alpha value is -1.40. The lowest BCUT2D eigenvalue weighted by Crippen LogP contribution is -2.55. The number of benzene rings is 1. The number of sulfonamides is 1. The number of aryl methyl sites for hydroxylation is 1. The van der Waals surface area contributed by atoms with Gasteiger partial charge in [0.15, 0.2) is 0 Å². The minimum absolute atomic E-state index is 0.0415. The second kappa shape index (κ2) is 7.55. The van der Waals surface area contributed by atoms with Crippen LogP contribution in [0.5, 0.6) is 0 Å². The summed E-state index contributed by atoms with van der Waals surface area (Å²) in [5.74, 6) is 0.653. The largest absolute Gasteiger partial charge is 0.338 e. The van der Waals surface area contributed by atoms with Gasteiger partial charge in [-0.1, -0.05) is 30.5 Å². The Morgan fingerprint density at radius 3 is 2.37 bits per heavy atom. The molecule has 3 aliphatic rings. The highest BCUT2D eigenvalue weighted by Gasteiger charge is 2.44. The Morgan fingerprint density at radius 2 is 1.59 bits per heavy atom. The maximum atomic E-state index is 13.4. The van der Waals surface area contributed by atoms with E-state index in [9.17, 15) is 13.2 Å². The molecular formula is C21H30N2O3S. The third-order valence-corrected chi connectivity index (χ3v) is 8.57. The number of likely N-dealkylation sites (tertiary alicyclic amines) is 1. The highest BCUT2D eigenvalue weighted by Crippen LogP contribution is 2.37. The second-order valence-electron chi connectivity index (χ2n) is 8.37. The number of fused-ring (bicyclic) bond motifs is 1. The van der Waals surface area contributed by atoms with Crippen LogP contribution in [0.2, 0.25) is 0 Å². The average Bonchev–Trinajstić information content (AvgIpc) is 3.18. The number of piperidine rings is 1. The molecular weight excluding hydrogens is 360 g/mol. The molecule has 1 amide bonds. The lowest BCUT2D eigenvalue weighted by Gasteiger charge is -2.45. The smallest absolute Gasteiger partial charge is 0.243 e. The van der Waals surface area contributed by atoms with Crippen molar-refractivity contribution >= 4 is 15.9 Å². The number of amides is 1. The highest BCUT2D eigenvalue weighted by atomic mass is 32.2. The van der Waals surface area contributed by atoms with Gasteiger partial charge in [-0.15, -0.1) is 0 Å². The predicted octanol–water partition coefficient (Wildman–Crippen LogP) is 3.33. The van der Waals surface area contributed by atoms with Gasteiger partial charge >= 0.3 is 0 Å². The first-order valence-electron chi connectivity index (χ1n) is 10.4. The quantitative estimate of drug-likeness (QED) is 0.795. The molecule has 2 heterocycles. The normalized spacial score (nSPS) is 29.5. The minimum atomic E-state index is -3.63. The molecule has 148 valence electrons. The monoisotopic (exact) mass is 390 g/mol. The number of carbonyl (C=O) groups is 1. The maximum Gasteiger partial charge on any atom is 0.243 e. The van der Waals surface area contributed by atoms with E-state index in [-0.39, 0.29) is 5.91 Å². The molecule has 1 aromatic rings. The van der Waals surface area contributed by atoms with E-state index < -0.39 is 16.1 Å². The van der Waals surface area contributed by atoms with Gasteiger partial charge in [0.05, 0.1) is 4.90 Å². The molecule has 0 spiro atoms. The van der Waals surface area contributed by atoms with E-state index in [4.69, 9.17) is 0 Å². The fourth-order valence-electron chi connectivity index (χ4n) is 5.21. The molecule has 27 heavy (non-hydrogen) atoms. The first kappa shape index (κ1) is 18.9. The summed E-state index contributed by atoms with van der Waals surface area (Å²) in [7, 11) is -3.63. The summed E-state index contributed by atoms with van der Waals surface area (Å²) in [4.78, 5) is 15.8.